The summed E-state index contributed by atoms with van der Waals surface area (Å²) in [4.78, 5) is 24.9. The fourth-order valence-corrected chi connectivity index (χ4v) is 2.35. The molecule has 1 N–H and O–H groups in total. The van der Waals surface area contributed by atoms with Crippen molar-refractivity contribution in [3.05, 3.63) is 51.9 Å². The number of nitrogens with zero attached hydrogens (tertiary/aromatic N) is 1. The highest BCUT2D eigenvalue weighted by Gasteiger charge is 2.20. The van der Waals surface area contributed by atoms with Crippen LogP contribution in [0.5, 0.6) is 5.75 Å². The van der Waals surface area contributed by atoms with Crippen molar-refractivity contribution < 1.29 is 23.8 Å². The largest absolute Gasteiger partial charge is 0.496 e. The monoisotopic (exact) mass is 337 g/mol. The number of amides is 1. The number of benzene rings is 1. The van der Waals surface area contributed by atoms with Crippen molar-refractivity contribution in [3.63, 3.8) is 0 Å². The molecule has 23 heavy (non-hydrogen) atoms. The van der Waals surface area contributed by atoms with Crippen LogP contribution >= 0.6 is 11.6 Å². The number of rotatable bonds is 5. The lowest BCUT2D eigenvalue weighted by Gasteiger charge is -2.17. The maximum Gasteiger partial charge on any atom is 0.339 e. The van der Waals surface area contributed by atoms with Gasteiger partial charge in [-0.05, 0) is 31.2 Å². The summed E-state index contributed by atoms with van der Waals surface area (Å²) in [6.45, 7) is 1.70. The summed E-state index contributed by atoms with van der Waals surface area (Å²) in [7, 11) is 3.05. The summed E-state index contributed by atoms with van der Waals surface area (Å²) < 4.78 is 10.6. The number of methoxy groups -OCH3 is 1. The van der Waals surface area contributed by atoms with Gasteiger partial charge in [0.1, 0.15) is 22.8 Å². The van der Waals surface area contributed by atoms with Gasteiger partial charge in [-0.2, -0.15) is 0 Å². The number of aryl methyl sites for hydroxylation is 1. The Bertz CT molecular complexity index is 753. The Morgan fingerprint density at radius 1 is 1.30 bits per heavy atom. The molecule has 0 atom stereocenters. The minimum absolute atomic E-state index is 0.0879. The van der Waals surface area contributed by atoms with Gasteiger partial charge in [0.05, 0.1) is 19.2 Å². The highest BCUT2D eigenvalue weighted by atomic mass is 35.5. The first-order valence-corrected chi connectivity index (χ1v) is 7.13. The van der Waals surface area contributed by atoms with E-state index in [1.54, 1.807) is 32.2 Å². The van der Waals surface area contributed by atoms with Crippen LogP contribution in [0.15, 0.2) is 28.7 Å². The summed E-state index contributed by atoms with van der Waals surface area (Å²) in [5.74, 6) is -0.285. The van der Waals surface area contributed by atoms with Crippen LogP contribution < -0.4 is 4.74 Å². The van der Waals surface area contributed by atoms with E-state index in [9.17, 15) is 9.59 Å². The van der Waals surface area contributed by atoms with Gasteiger partial charge in [0.25, 0.3) is 5.91 Å². The molecule has 0 aliphatic heterocycles. The van der Waals surface area contributed by atoms with Gasteiger partial charge in [0.15, 0.2) is 0 Å². The van der Waals surface area contributed by atoms with Crippen molar-refractivity contribution in [1.82, 2.24) is 4.90 Å². The molecule has 6 nitrogen and oxygen atoms in total. The van der Waals surface area contributed by atoms with E-state index in [2.05, 4.69) is 0 Å². The van der Waals surface area contributed by atoms with Crippen LogP contribution in [0.1, 0.15) is 32.2 Å². The van der Waals surface area contributed by atoms with Crippen LogP contribution in [0.4, 0.5) is 0 Å². The second-order valence-electron chi connectivity index (χ2n) is 4.99. The van der Waals surface area contributed by atoms with Gasteiger partial charge in [-0.1, -0.05) is 11.6 Å². The van der Waals surface area contributed by atoms with Crippen LogP contribution in [-0.2, 0) is 6.54 Å². The van der Waals surface area contributed by atoms with Gasteiger partial charge in [-0.15, -0.1) is 0 Å². The number of furan rings is 1. The van der Waals surface area contributed by atoms with E-state index in [4.69, 9.17) is 25.9 Å². The topological polar surface area (TPSA) is 80.0 Å². The van der Waals surface area contributed by atoms with E-state index in [-0.39, 0.29) is 18.0 Å². The number of carboxylic acids is 1. The third-order valence-corrected chi connectivity index (χ3v) is 3.57. The first kappa shape index (κ1) is 16.9. The molecule has 1 amide bonds. The fraction of sp³-hybridized carbons (Fsp3) is 0.250. The van der Waals surface area contributed by atoms with Crippen LogP contribution in [0, 0.1) is 6.92 Å². The van der Waals surface area contributed by atoms with Gasteiger partial charge in [-0.25, -0.2) is 4.79 Å². The molecular weight excluding hydrogens is 322 g/mol. The lowest BCUT2D eigenvalue weighted by molar-refractivity contribution is 0.0694. The predicted molar refractivity (Wildman–Crippen MR) is 84.2 cm³/mol. The quantitative estimate of drug-likeness (QED) is 0.906. The molecule has 0 fully saturated rings. The molecule has 0 aliphatic rings. The molecule has 1 heterocycles. The average Bonchev–Trinajstić information content (AvgIpc) is 2.87. The molecule has 0 unspecified atom stereocenters. The second-order valence-corrected chi connectivity index (χ2v) is 5.43. The summed E-state index contributed by atoms with van der Waals surface area (Å²) in [6, 6.07) is 6.16. The van der Waals surface area contributed by atoms with Crippen molar-refractivity contribution in [2.75, 3.05) is 14.2 Å². The van der Waals surface area contributed by atoms with Gasteiger partial charge in [0.2, 0.25) is 0 Å². The molecule has 0 bridgehead atoms. The average molecular weight is 338 g/mol. The molecule has 0 aliphatic carbocycles. The van der Waals surface area contributed by atoms with Crippen LogP contribution in [0.2, 0.25) is 5.02 Å². The number of ether oxygens (including phenoxy) is 1. The van der Waals surface area contributed by atoms with Crippen LogP contribution in [-0.4, -0.2) is 36.0 Å². The highest BCUT2D eigenvalue weighted by molar-refractivity contribution is 6.30. The summed E-state index contributed by atoms with van der Waals surface area (Å²) in [5, 5.41) is 9.49. The van der Waals surface area contributed by atoms with Crippen molar-refractivity contribution in [3.8, 4) is 5.75 Å². The Morgan fingerprint density at radius 3 is 2.57 bits per heavy atom. The maximum absolute atomic E-state index is 12.5. The molecule has 122 valence electrons. The Morgan fingerprint density at radius 2 is 2.00 bits per heavy atom. The number of carbonyl (C=O) groups excluding carboxylic acids is 1. The van der Waals surface area contributed by atoms with E-state index >= 15 is 0 Å². The van der Waals surface area contributed by atoms with Gasteiger partial charge in [0, 0.05) is 12.1 Å². The molecule has 2 aromatic rings. The lowest BCUT2D eigenvalue weighted by Crippen LogP contribution is -2.26. The number of halogens is 1. The molecule has 2 rings (SSSR count). The molecule has 0 spiro atoms. The molecule has 0 saturated carbocycles. The number of carboxylic acid groups (broad SMARTS) is 1. The maximum atomic E-state index is 12.5. The standard InChI is InChI=1S/C16H16ClNO5/c1-9-13(16(20)21)7-11(23-9)8-18(2)15(19)12-5-4-10(17)6-14(12)22-3/h4-7H,8H2,1-3H3,(H,20,21). The molecule has 7 heteroatoms. The van der Waals surface area contributed by atoms with E-state index in [1.165, 1.54) is 18.1 Å². The zero-order chi connectivity index (χ0) is 17.1. The van der Waals surface area contributed by atoms with Crippen molar-refractivity contribution >= 4 is 23.5 Å². The SMILES string of the molecule is COc1cc(Cl)ccc1C(=O)N(C)Cc1cc(C(=O)O)c(C)o1. The van der Waals surface area contributed by atoms with Crippen molar-refractivity contribution in [1.29, 1.82) is 0 Å². The van der Waals surface area contributed by atoms with Crippen LogP contribution in [0.25, 0.3) is 0 Å². The Kier molecular flexibility index (Phi) is 4.95. The minimum atomic E-state index is -1.06. The lowest BCUT2D eigenvalue weighted by atomic mass is 10.1. The number of hydrogen-bond donors (Lipinski definition) is 1. The zero-order valence-corrected chi connectivity index (χ0v) is 13.7. The first-order valence-electron chi connectivity index (χ1n) is 6.75. The van der Waals surface area contributed by atoms with Crippen molar-refractivity contribution in [2.45, 2.75) is 13.5 Å². The Labute approximate surface area is 138 Å². The van der Waals surface area contributed by atoms with E-state index in [0.29, 0.717) is 27.9 Å². The summed E-state index contributed by atoms with van der Waals surface area (Å²) in [6.07, 6.45) is 0. The molecule has 1 aromatic heterocycles. The number of carbonyl (C=O) groups is 2. The van der Waals surface area contributed by atoms with E-state index < -0.39 is 5.97 Å². The molecular formula is C16H16ClNO5. The number of aromatic carboxylic acids is 1. The predicted octanol–water partition coefficient (Wildman–Crippen LogP) is 3.22. The molecule has 0 radical (unpaired) electrons. The zero-order valence-electron chi connectivity index (χ0n) is 12.9. The fourth-order valence-electron chi connectivity index (χ4n) is 2.19. The van der Waals surface area contributed by atoms with Gasteiger partial charge in [-0.3, -0.25) is 4.79 Å². The molecule has 0 saturated heterocycles. The highest BCUT2D eigenvalue weighted by Crippen LogP contribution is 2.25. The van der Waals surface area contributed by atoms with E-state index in [0.717, 1.165) is 0 Å². The minimum Gasteiger partial charge on any atom is -0.496 e. The smallest absolute Gasteiger partial charge is 0.339 e. The van der Waals surface area contributed by atoms with Crippen molar-refractivity contribution in [2.24, 2.45) is 0 Å². The summed E-state index contributed by atoms with van der Waals surface area (Å²) >= 11 is 5.88. The summed E-state index contributed by atoms with van der Waals surface area (Å²) in [5.41, 5.74) is 0.450. The number of hydrogen-bond acceptors (Lipinski definition) is 4. The Balaban J connectivity index is 2.20. The second kappa shape index (κ2) is 6.75. The first-order chi connectivity index (χ1) is 10.8. The van der Waals surface area contributed by atoms with Crippen LogP contribution in [0.3, 0.4) is 0 Å². The third kappa shape index (κ3) is 3.65. The normalized spacial score (nSPS) is 10.4. The third-order valence-electron chi connectivity index (χ3n) is 3.33. The van der Waals surface area contributed by atoms with Gasteiger partial charge < -0.3 is 19.2 Å². The van der Waals surface area contributed by atoms with E-state index in [1.807, 2.05) is 0 Å². The molecule has 1 aromatic carbocycles. The Hall–Kier alpha value is -2.47. The van der Waals surface area contributed by atoms with Gasteiger partial charge >= 0.3 is 5.97 Å².